The van der Waals surface area contributed by atoms with Crippen LogP contribution in [0.4, 0.5) is 26.7 Å². The van der Waals surface area contributed by atoms with Crippen molar-refractivity contribution in [3.63, 3.8) is 0 Å². The average Bonchev–Trinajstić information content (AvgIpc) is 2.74. The lowest BCUT2D eigenvalue weighted by Crippen LogP contribution is -2.51. The van der Waals surface area contributed by atoms with E-state index in [-0.39, 0.29) is 27.6 Å². The van der Waals surface area contributed by atoms with Gasteiger partial charge in [-0.15, -0.1) is 6.58 Å². The van der Waals surface area contributed by atoms with Gasteiger partial charge in [0.05, 0.1) is 16.1 Å². The van der Waals surface area contributed by atoms with Crippen molar-refractivity contribution in [1.82, 2.24) is 10.2 Å². The zero-order valence-corrected chi connectivity index (χ0v) is 19.8. The SMILES string of the molecule is C=CC[C@@](CN(C)C(=O)CC(F)(F)F)(c1ccc(Cl)c(Cl)c1)C(NC(=O)O)c1ccc(F)c(F)c1. The molecule has 0 aliphatic heterocycles. The molecule has 5 nitrogen and oxygen atoms in total. The number of hydrogen-bond donors (Lipinski definition) is 2. The fraction of sp³-hybridized carbons (Fsp3) is 0.304. The lowest BCUT2D eigenvalue weighted by atomic mass is 9.68. The number of likely N-dealkylation sites (N-methyl/N-ethyl adjacent to an activating group) is 1. The Bertz CT molecular complexity index is 1110. The van der Waals surface area contributed by atoms with Crippen LogP contribution in [-0.4, -0.2) is 41.8 Å². The fourth-order valence-corrected chi connectivity index (χ4v) is 4.18. The highest BCUT2D eigenvalue weighted by atomic mass is 35.5. The van der Waals surface area contributed by atoms with Gasteiger partial charge in [0.25, 0.3) is 0 Å². The quantitative estimate of drug-likeness (QED) is 0.282. The van der Waals surface area contributed by atoms with Crippen LogP contribution in [0, 0.1) is 11.6 Å². The summed E-state index contributed by atoms with van der Waals surface area (Å²) in [6.07, 6.45) is -6.84. The van der Waals surface area contributed by atoms with Crippen LogP contribution in [0.1, 0.15) is 30.0 Å². The number of nitrogens with one attached hydrogen (secondary N) is 1. The zero-order chi connectivity index (χ0) is 26.6. The lowest BCUT2D eigenvalue weighted by molar-refractivity contribution is -0.161. The summed E-state index contributed by atoms with van der Waals surface area (Å²) in [4.78, 5) is 24.9. The van der Waals surface area contributed by atoms with E-state index in [9.17, 15) is 36.6 Å². The molecule has 190 valence electrons. The fourth-order valence-electron chi connectivity index (χ4n) is 3.89. The van der Waals surface area contributed by atoms with Crippen molar-refractivity contribution in [2.24, 2.45) is 0 Å². The zero-order valence-electron chi connectivity index (χ0n) is 18.3. The number of amides is 2. The number of allylic oxidation sites excluding steroid dienone is 1. The summed E-state index contributed by atoms with van der Waals surface area (Å²) in [5, 5.41) is 12.0. The van der Waals surface area contributed by atoms with Crippen molar-refractivity contribution in [1.29, 1.82) is 0 Å². The number of carbonyl (C=O) groups is 2. The second-order valence-electron chi connectivity index (χ2n) is 7.88. The molecule has 2 aromatic rings. The van der Waals surface area contributed by atoms with E-state index >= 15 is 0 Å². The molecule has 0 aliphatic carbocycles. The first-order valence-electron chi connectivity index (χ1n) is 10.0. The van der Waals surface area contributed by atoms with Crippen molar-refractivity contribution < 1.29 is 36.6 Å². The van der Waals surface area contributed by atoms with E-state index in [1.54, 1.807) is 0 Å². The summed E-state index contributed by atoms with van der Waals surface area (Å²) in [5.74, 6) is -3.75. The van der Waals surface area contributed by atoms with Crippen molar-refractivity contribution in [3.05, 3.63) is 81.9 Å². The molecular formula is C23H21Cl2F5N2O3. The highest BCUT2D eigenvalue weighted by Gasteiger charge is 2.44. The smallest absolute Gasteiger partial charge is 0.405 e. The normalized spacial score (nSPS) is 14.1. The molecule has 35 heavy (non-hydrogen) atoms. The van der Waals surface area contributed by atoms with Crippen LogP contribution >= 0.6 is 23.2 Å². The molecule has 2 N–H and O–H groups in total. The highest BCUT2D eigenvalue weighted by Crippen LogP contribution is 2.44. The van der Waals surface area contributed by atoms with Gasteiger partial charge in [0.15, 0.2) is 11.6 Å². The second-order valence-corrected chi connectivity index (χ2v) is 8.69. The largest absolute Gasteiger partial charge is 0.465 e. The maximum Gasteiger partial charge on any atom is 0.405 e. The predicted molar refractivity (Wildman–Crippen MR) is 122 cm³/mol. The number of carbonyl (C=O) groups excluding carboxylic acids is 1. The van der Waals surface area contributed by atoms with Gasteiger partial charge in [-0.1, -0.05) is 41.4 Å². The van der Waals surface area contributed by atoms with Gasteiger partial charge < -0.3 is 15.3 Å². The first-order valence-corrected chi connectivity index (χ1v) is 10.8. The van der Waals surface area contributed by atoms with E-state index in [0.717, 1.165) is 30.1 Å². The van der Waals surface area contributed by atoms with E-state index in [2.05, 4.69) is 11.9 Å². The Balaban J connectivity index is 2.79. The Morgan fingerprint density at radius 3 is 2.29 bits per heavy atom. The third-order valence-corrected chi connectivity index (χ3v) is 6.14. The molecule has 0 radical (unpaired) electrons. The van der Waals surface area contributed by atoms with Crippen molar-refractivity contribution in [3.8, 4) is 0 Å². The van der Waals surface area contributed by atoms with Crippen molar-refractivity contribution >= 4 is 35.2 Å². The minimum absolute atomic E-state index is 0.0428. The molecule has 2 atom stereocenters. The first kappa shape index (κ1) is 28.4. The van der Waals surface area contributed by atoms with Crippen LogP contribution in [0.15, 0.2) is 49.1 Å². The van der Waals surface area contributed by atoms with Gasteiger partial charge in [0.2, 0.25) is 5.91 Å². The molecule has 0 saturated carbocycles. The number of alkyl halides is 3. The molecule has 0 fully saturated rings. The molecule has 0 saturated heterocycles. The molecule has 12 heteroatoms. The van der Waals surface area contributed by atoms with Gasteiger partial charge in [0, 0.05) is 19.0 Å². The number of carboxylic acid groups (broad SMARTS) is 1. The lowest BCUT2D eigenvalue weighted by Gasteiger charge is -2.43. The summed E-state index contributed by atoms with van der Waals surface area (Å²) in [5.41, 5.74) is -1.34. The van der Waals surface area contributed by atoms with Crippen LogP contribution in [0.5, 0.6) is 0 Å². The van der Waals surface area contributed by atoms with Crippen LogP contribution in [0.25, 0.3) is 0 Å². The van der Waals surface area contributed by atoms with Crippen LogP contribution < -0.4 is 5.32 Å². The first-order chi connectivity index (χ1) is 16.2. The number of nitrogens with zero attached hydrogens (tertiary/aromatic N) is 1. The Kier molecular flexibility index (Phi) is 9.13. The number of rotatable bonds is 9. The van der Waals surface area contributed by atoms with Crippen LogP contribution in [0.2, 0.25) is 10.0 Å². The molecule has 2 aromatic carbocycles. The maximum absolute atomic E-state index is 14.1. The molecule has 0 heterocycles. The topological polar surface area (TPSA) is 69.6 Å². The van der Waals surface area contributed by atoms with Crippen LogP contribution in [0.3, 0.4) is 0 Å². The summed E-state index contributed by atoms with van der Waals surface area (Å²) in [6, 6.07) is 5.51. The molecule has 0 aliphatic rings. The Hall–Kier alpha value is -2.85. The maximum atomic E-state index is 14.1. The third kappa shape index (κ3) is 7.08. The Morgan fingerprint density at radius 1 is 1.11 bits per heavy atom. The number of benzene rings is 2. The van der Waals surface area contributed by atoms with Crippen molar-refractivity contribution in [2.45, 2.75) is 30.5 Å². The standard InChI is InChI=1S/C23H21Cl2F5N2O3/c1-3-8-22(14-5-6-15(24)16(25)10-14,12-32(2)19(33)11-23(28,29)30)20(31-21(34)35)13-4-7-17(26)18(27)9-13/h3-7,9-10,20,31H,1,8,11-12H2,2H3,(H,34,35)/t20?,22-/m1/s1. The summed E-state index contributed by atoms with van der Waals surface area (Å²) in [7, 11) is 1.12. The van der Waals surface area contributed by atoms with Gasteiger partial charge in [-0.2, -0.15) is 13.2 Å². The van der Waals surface area contributed by atoms with Crippen LogP contribution in [-0.2, 0) is 10.2 Å². The van der Waals surface area contributed by atoms with Gasteiger partial charge in [-0.25, -0.2) is 13.6 Å². The molecular weight excluding hydrogens is 518 g/mol. The third-order valence-electron chi connectivity index (χ3n) is 5.40. The highest BCUT2D eigenvalue weighted by molar-refractivity contribution is 6.42. The van der Waals surface area contributed by atoms with E-state index < -0.39 is 54.2 Å². The van der Waals surface area contributed by atoms with E-state index in [0.29, 0.717) is 0 Å². The van der Waals surface area contributed by atoms with E-state index in [1.807, 2.05) is 0 Å². The summed E-state index contributed by atoms with van der Waals surface area (Å²) in [6.45, 7) is 3.18. The summed E-state index contributed by atoms with van der Waals surface area (Å²) >= 11 is 12.2. The van der Waals surface area contributed by atoms with E-state index in [4.69, 9.17) is 23.2 Å². The molecule has 0 spiro atoms. The minimum atomic E-state index is -4.78. The van der Waals surface area contributed by atoms with Crippen molar-refractivity contribution in [2.75, 3.05) is 13.6 Å². The molecule has 0 bridgehead atoms. The van der Waals surface area contributed by atoms with Gasteiger partial charge >= 0.3 is 12.3 Å². The van der Waals surface area contributed by atoms with Gasteiger partial charge in [0.1, 0.15) is 6.42 Å². The monoisotopic (exact) mass is 538 g/mol. The Labute approximate surface area is 208 Å². The second kappa shape index (κ2) is 11.3. The van der Waals surface area contributed by atoms with Gasteiger partial charge in [-0.05, 0) is 41.8 Å². The van der Waals surface area contributed by atoms with Gasteiger partial charge in [-0.3, -0.25) is 4.79 Å². The minimum Gasteiger partial charge on any atom is -0.465 e. The molecule has 0 aromatic heterocycles. The molecule has 2 rings (SSSR count). The number of halogens is 7. The Morgan fingerprint density at radius 2 is 1.77 bits per heavy atom. The summed E-state index contributed by atoms with van der Waals surface area (Å²) < 4.78 is 66.4. The van der Waals surface area contributed by atoms with E-state index in [1.165, 1.54) is 24.3 Å². The predicted octanol–water partition coefficient (Wildman–Crippen LogP) is 6.51. The number of hydrogen-bond acceptors (Lipinski definition) is 2. The molecule has 1 unspecified atom stereocenters. The average molecular weight is 539 g/mol. The molecule has 2 amide bonds.